The third-order valence-electron chi connectivity index (χ3n) is 1.90. The molecule has 2 aromatic rings. The second kappa shape index (κ2) is 3.42. The minimum absolute atomic E-state index is 0.478. The fraction of sp³-hybridized carbons (Fsp3) is 0.111. The lowest BCUT2D eigenvalue weighted by Gasteiger charge is -2.05. The summed E-state index contributed by atoms with van der Waals surface area (Å²) < 4.78 is 5.99. The number of hydrogen-bond donors (Lipinski definition) is 1. The fourth-order valence-corrected chi connectivity index (χ4v) is 1.69. The zero-order valence-corrected chi connectivity index (χ0v) is 9.08. The summed E-state index contributed by atoms with van der Waals surface area (Å²) in [6.07, 6.45) is 3.34. The topological polar surface area (TPSA) is 61.0 Å². The highest BCUT2D eigenvalue weighted by molar-refractivity contribution is 9.10. The lowest BCUT2D eigenvalue weighted by molar-refractivity contribution is 0.403. The van der Waals surface area contributed by atoms with Gasteiger partial charge in [0.1, 0.15) is 5.82 Å². The van der Waals surface area contributed by atoms with E-state index in [-0.39, 0.29) is 0 Å². The lowest BCUT2D eigenvalue weighted by Crippen LogP contribution is -1.93. The molecule has 5 heteroatoms. The Kier molecular flexibility index (Phi) is 2.25. The molecule has 0 saturated carbocycles. The van der Waals surface area contributed by atoms with Crippen LogP contribution in [-0.4, -0.2) is 17.1 Å². The van der Waals surface area contributed by atoms with E-state index in [1.165, 1.54) is 0 Å². The summed E-state index contributed by atoms with van der Waals surface area (Å²) in [4.78, 5) is 8.10. The first kappa shape index (κ1) is 9.21. The predicted molar refractivity (Wildman–Crippen MR) is 58.2 cm³/mol. The second-order valence-electron chi connectivity index (χ2n) is 2.77. The van der Waals surface area contributed by atoms with Crippen LogP contribution < -0.4 is 10.5 Å². The molecular formula is C9H8BrN3O. The zero-order valence-electron chi connectivity index (χ0n) is 7.49. The van der Waals surface area contributed by atoms with Gasteiger partial charge in [-0.2, -0.15) is 0 Å². The highest BCUT2D eigenvalue weighted by Gasteiger charge is 2.06. The van der Waals surface area contributed by atoms with Crippen molar-refractivity contribution in [1.82, 2.24) is 9.97 Å². The number of ether oxygens (including phenoxy) is 1. The van der Waals surface area contributed by atoms with Gasteiger partial charge in [0, 0.05) is 22.3 Å². The molecule has 2 heterocycles. The van der Waals surface area contributed by atoms with Crippen molar-refractivity contribution in [2.45, 2.75) is 0 Å². The highest BCUT2D eigenvalue weighted by atomic mass is 79.9. The molecule has 2 aromatic heterocycles. The van der Waals surface area contributed by atoms with Crippen LogP contribution in [0.15, 0.2) is 22.9 Å². The van der Waals surface area contributed by atoms with Gasteiger partial charge in [0.25, 0.3) is 0 Å². The summed E-state index contributed by atoms with van der Waals surface area (Å²) in [5.74, 6) is 1.03. The average Bonchev–Trinajstić information content (AvgIpc) is 2.19. The standard InChI is InChI=1S/C9H8BrN3O/c1-14-9-6-3-12-8(11)2-5(6)7(10)4-13-9/h2-4H,1H3,(H2,11,12). The van der Waals surface area contributed by atoms with Gasteiger partial charge in [0.2, 0.25) is 5.88 Å². The van der Waals surface area contributed by atoms with Gasteiger partial charge in [-0.05, 0) is 22.0 Å². The van der Waals surface area contributed by atoms with E-state index >= 15 is 0 Å². The van der Waals surface area contributed by atoms with Crippen LogP contribution in [0, 0.1) is 0 Å². The van der Waals surface area contributed by atoms with Crippen LogP contribution in [0.2, 0.25) is 0 Å². The molecule has 14 heavy (non-hydrogen) atoms. The third-order valence-corrected chi connectivity index (χ3v) is 2.53. The van der Waals surface area contributed by atoms with Crippen LogP contribution >= 0.6 is 15.9 Å². The number of fused-ring (bicyclic) bond motifs is 1. The number of anilines is 1. The van der Waals surface area contributed by atoms with Crippen molar-refractivity contribution in [3.63, 3.8) is 0 Å². The van der Waals surface area contributed by atoms with Crippen LogP contribution in [-0.2, 0) is 0 Å². The number of halogens is 1. The summed E-state index contributed by atoms with van der Waals surface area (Å²) >= 11 is 3.39. The molecule has 2 N–H and O–H groups in total. The Morgan fingerprint density at radius 2 is 2.07 bits per heavy atom. The smallest absolute Gasteiger partial charge is 0.222 e. The van der Waals surface area contributed by atoms with E-state index in [0.29, 0.717) is 11.7 Å². The quantitative estimate of drug-likeness (QED) is 0.845. The summed E-state index contributed by atoms with van der Waals surface area (Å²) in [5, 5.41) is 1.79. The Bertz CT molecular complexity index is 487. The average molecular weight is 254 g/mol. The minimum Gasteiger partial charge on any atom is -0.481 e. The monoisotopic (exact) mass is 253 g/mol. The van der Waals surface area contributed by atoms with E-state index in [1.54, 1.807) is 25.6 Å². The first-order valence-corrected chi connectivity index (χ1v) is 4.75. The van der Waals surface area contributed by atoms with Crippen molar-refractivity contribution in [2.24, 2.45) is 0 Å². The molecule has 0 atom stereocenters. The molecule has 0 radical (unpaired) electrons. The molecule has 0 bridgehead atoms. The fourth-order valence-electron chi connectivity index (χ4n) is 1.26. The van der Waals surface area contributed by atoms with Crippen molar-refractivity contribution in [3.8, 4) is 5.88 Å². The Morgan fingerprint density at radius 3 is 2.79 bits per heavy atom. The normalized spacial score (nSPS) is 10.4. The molecule has 0 aliphatic heterocycles. The van der Waals surface area contributed by atoms with E-state index in [2.05, 4.69) is 25.9 Å². The maximum Gasteiger partial charge on any atom is 0.222 e. The number of nitrogens with two attached hydrogens (primary N) is 1. The van der Waals surface area contributed by atoms with Crippen LogP contribution in [0.1, 0.15) is 0 Å². The maximum absolute atomic E-state index is 5.59. The number of nitrogens with zero attached hydrogens (tertiary/aromatic N) is 2. The zero-order chi connectivity index (χ0) is 10.1. The van der Waals surface area contributed by atoms with Crippen molar-refractivity contribution in [1.29, 1.82) is 0 Å². The molecule has 0 amide bonds. The van der Waals surface area contributed by atoms with E-state index < -0.39 is 0 Å². The van der Waals surface area contributed by atoms with E-state index in [0.717, 1.165) is 15.2 Å². The second-order valence-corrected chi connectivity index (χ2v) is 3.62. The Balaban J connectivity index is 2.84. The van der Waals surface area contributed by atoms with Crippen LogP contribution in [0.5, 0.6) is 5.88 Å². The minimum atomic E-state index is 0.478. The van der Waals surface area contributed by atoms with Gasteiger partial charge in [0.05, 0.1) is 12.5 Å². The van der Waals surface area contributed by atoms with Crippen LogP contribution in [0.4, 0.5) is 5.82 Å². The van der Waals surface area contributed by atoms with Gasteiger partial charge in [-0.3, -0.25) is 0 Å². The van der Waals surface area contributed by atoms with E-state index in [9.17, 15) is 0 Å². The van der Waals surface area contributed by atoms with E-state index in [4.69, 9.17) is 10.5 Å². The maximum atomic E-state index is 5.59. The molecule has 0 saturated heterocycles. The Morgan fingerprint density at radius 1 is 1.29 bits per heavy atom. The SMILES string of the molecule is COc1ncc(Br)c2cc(N)ncc12. The van der Waals surface area contributed by atoms with Crippen molar-refractivity contribution < 1.29 is 4.74 Å². The molecule has 0 fully saturated rings. The molecule has 72 valence electrons. The number of rotatable bonds is 1. The van der Waals surface area contributed by atoms with Gasteiger partial charge >= 0.3 is 0 Å². The van der Waals surface area contributed by atoms with E-state index in [1.807, 2.05) is 0 Å². The number of hydrogen-bond acceptors (Lipinski definition) is 4. The number of nitrogen functional groups attached to an aromatic ring is 1. The third kappa shape index (κ3) is 1.39. The predicted octanol–water partition coefficient (Wildman–Crippen LogP) is 1.98. The van der Waals surface area contributed by atoms with Gasteiger partial charge in [0.15, 0.2) is 0 Å². The Labute approximate surface area is 89.2 Å². The van der Waals surface area contributed by atoms with Gasteiger partial charge < -0.3 is 10.5 Å². The summed E-state index contributed by atoms with van der Waals surface area (Å²) in [5.41, 5.74) is 5.59. The molecule has 2 rings (SSSR count). The first-order valence-electron chi connectivity index (χ1n) is 3.96. The Hall–Kier alpha value is -1.36. The first-order chi connectivity index (χ1) is 6.72. The molecule has 4 nitrogen and oxygen atoms in total. The van der Waals surface area contributed by atoms with Crippen molar-refractivity contribution in [3.05, 3.63) is 22.9 Å². The van der Waals surface area contributed by atoms with Crippen LogP contribution in [0.25, 0.3) is 10.8 Å². The van der Waals surface area contributed by atoms with Gasteiger partial charge in [-0.1, -0.05) is 0 Å². The van der Waals surface area contributed by atoms with Crippen molar-refractivity contribution in [2.75, 3.05) is 12.8 Å². The largest absolute Gasteiger partial charge is 0.481 e. The molecule has 0 aromatic carbocycles. The van der Waals surface area contributed by atoms with Crippen LogP contribution in [0.3, 0.4) is 0 Å². The molecular weight excluding hydrogens is 246 g/mol. The molecule has 0 aliphatic carbocycles. The van der Waals surface area contributed by atoms with Crippen molar-refractivity contribution >= 4 is 32.5 Å². The number of methoxy groups -OCH3 is 1. The number of aromatic nitrogens is 2. The summed E-state index contributed by atoms with van der Waals surface area (Å²) in [6, 6.07) is 1.78. The summed E-state index contributed by atoms with van der Waals surface area (Å²) in [7, 11) is 1.58. The highest BCUT2D eigenvalue weighted by Crippen LogP contribution is 2.29. The number of pyridine rings is 2. The molecule has 0 spiro atoms. The van der Waals surface area contributed by atoms with Gasteiger partial charge in [-0.15, -0.1) is 0 Å². The molecule has 0 aliphatic rings. The van der Waals surface area contributed by atoms with Gasteiger partial charge in [-0.25, -0.2) is 9.97 Å². The lowest BCUT2D eigenvalue weighted by atomic mass is 10.2. The molecule has 0 unspecified atom stereocenters. The summed E-state index contributed by atoms with van der Waals surface area (Å²) in [6.45, 7) is 0.